The number of aromatic nitrogens is 2. The molecule has 1 aliphatic carbocycles. The number of amides is 1. The van der Waals surface area contributed by atoms with Crippen LogP contribution >= 0.6 is 0 Å². The molecule has 0 spiro atoms. The van der Waals surface area contributed by atoms with E-state index in [9.17, 15) is 9.18 Å². The highest BCUT2D eigenvalue weighted by molar-refractivity contribution is 5.94. The van der Waals surface area contributed by atoms with Crippen LogP contribution in [0.5, 0.6) is 0 Å². The smallest absolute Gasteiger partial charge is 0.272 e. The van der Waals surface area contributed by atoms with E-state index in [0.29, 0.717) is 32.1 Å². The molecule has 4 rings (SSSR count). The molecular formula is C18H20FN3O3. The first-order valence-corrected chi connectivity index (χ1v) is 8.56. The van der Waals surface area contributed by atoms with Gasteiger partial charge in [0, 0.05) is 17.8 Å². The zero-order valence-corrected chi connectivity index (χ0v) is 13.8. The van der Waals surface area contributed by atoms with Crippen molar-refractivity contribution in [2.75, 3.05) is 26.4 Å². The van der Waals surface area contributed by atoms with Gasteiger partial charge in [0.05, 0.1) is 31.6 Å². The number of ether oxygens (including phenoxy) is 2. The fourth-order valence-corrected chi connectivity index (χ4v) is 3.36. The normalized spacial score (nSPS) is 19.6. The third-order valence-electron chi connectivity index (χ3n) is 4.59. The number of fused-ring (bicyclic) bond motifs is 1. The van der Waals surface area contributed by atoms with Crippen LogP contribution in [0.2, 0.25) is 0 Å². The highest BCUT2D eigenvalue weighted by atomic mass is 19.1. The summed E-state index contributed by atoms with van der Waals surface area (Å²) in [7, 11) is 0. The van der Waals surface area contributed by atoms with Crippen molar-refractivity contribution in [2.45, 2.75) is 25.4 Å². The predicted octanol–water partition coefficient (Wildman–Crippen LogP) is 1.65. The number of rotatable bonds is 4. The van der Waals surface area contributed by atoms with Gasteiger partial charge in [0.15, 0.2) is 5.69 Å². The van der Waals surface area contributed by atoms with Gasteiger partial charge in [-0.3, -0.25) is 4.79 Å². The first-order valence-electron chi connectivity index (χ1n) is 8.56. The minimum Gasteiger partial charge on any atom is -0.376 e. The van der Waals surface area contributed by atoms with Crippen LogP contribution in [0, 0.1) is 5.82 Å². The summed E-state index contributed by atoms with van der Waals surface area (Å²) in [5, 5.41) is 7.40. The molecule has 0 saturated carbocycles. The minimum atomic E-state index is -0.291. The summed E-state index contributed by atoms with van der Waals surface area (Å²) < 4.78 is 25.8. The molecule has 25 heavy (non-hydrogen) atoms. The second kappa shape index (κ2) is 6.93. The Hall–Kier alpha value is -2.25. The van der Waals surface area contributed by atoms with E-state index in [1.165, 1.54) is 12.1 Å². The molecule has 0 unspecified atom stereocenters. The van der Waals surface area contributed by atoms with Gasteiger partial charge in [-0.15, -0.1) is 0 Å². The first kappa shape index (κ1) is 16.2. The van der Waals surface area contributed by atoms with E-state index in [0.717, 1.165) is 36.2 Å². The van der Waals surface area contributed by atoms with Crippen LogP contribution in [0.15, 0.2) is 24.3 Å². The molecule has 6 nitrogen and oxygen atoms in total. The minimum absolute atomic E-state index is 0.120. The second-order valence-electron chi connectivity index (χ2n) is 6.29. The third kappa shape index (κ3) is 3.29. The average Bonchev–Trinajstić information content (AvgIpc) is 3.24. The molecule has 132 valence electrons. The zero-order valence-electron chi connectivity index (χ0n) is 13.8. The van der Waals surface area contributed by atoms with Crippen molar-refractivity contribution in [1.82, 2.24) is 15.1 Å². The summed E-state index contributed by atoms with van der Waals surface area (Å²) in [4.78, 5) is 12.6. The molecule has 0 bridgehead atoms. The molecule has 2 aromatic rings. The molecule has 2 aliphatic rings. The fourth-order valence-electron chi connectivity index (χ4n) is 3.36. The summed E-state index contributed by atoms with van der Waals surface area (Å²) in [6, 6.07) is 6.16. The molecule has 1 N–H and O–H groups in total. The van der Waals surface area contributed by atoms with Gasteiger partial charge in [-0.1, -0.05) is 0 Å². The molecule has 1 fully saturated rings. The zero-order chi connectivity index (χ0) is 17.2. The van der Waals surface area contributed by atoms with E-state index in [1.54, 1.807) is 16.8 Å². The van der Waals surface area contributed by atoms with E-state index < -0.39 is 0 Å². The quantitative estimate of drug-likeness (QED) is 0.915. The molecule has 0 radical (unpaired) electrons. The number of nitrogens with one attached hydrogen (secondary N) is 1. The van der Waals surface area contributed by atoms with Crippen molar-refractivity contribution >= 4 is 5.91 Å². The Bertz CT molecular complexity index is 767. The van der Waals surface area contributed by atoms with Gasteiger partial charge in [0.25, 0.3) is 5.91 Å². The number of carbonyl (C=O) groups excluding carboxylic acids is 1. The van der Waals surface area contributed by atoms with Crippen molar-refractivity contribution in [3.05, 3.63) is 47.0 Å². The molecule has 1 amide bonds. The Balaban J connectivity index is 1.54. The predicted molar refractivity (Wildman–Crippen MR) is 88.4 cm³/mol. The van der Waals surface area contributed by atoms with Gasteiger partial charge < -0.3 is 14.8 Å². The Labute approximate surface area is 144 Å². The maximum absolute atomic E-state index is 13.2. The maximum Gasteiger partial charge on any atom is 0.272 e. The van der Waals surface area contributed by atoms with Crippen molar-refractivity contribution < 1.29 is 18.7 Å². The molecule has 2 heterocycles. The summed E-state index contributed by atoms with van der Waals surface area (Å²) in [5.74, 6) is -0.492. The Kier molecular flexibility index (Phi) is 4.50. The van der Waals surface area contributed by atoms with Crippen LogP contribution in [-0.2, 0) is 22.3 Å². The van der Waals surface area contributed by atoms with E-state index >= 15 is 0 Å². The van der Waals surface area contributed by atoms with Gasteiger partial charge in [0.1, 0.15) is 5.82 Å². The van der Waals surface area contributed by atoms with E-state index in [4.69, 9.17) is 9.47 Å². The van der Waals surface area contributed by atoms with E-state index in [-0.39, 0.29) is 17.8 Å². The number of halogens is 1. The van der Waals surface area contributed by atoms with Crippen LogP contribution in [0.1, 0.15) is 28.2 Å². The lowest BCUT2D eigenvalue weighted by Crippen LogP contribution is -2.40. The highest BCUT2D eigenvalue weighted by Gasteiger charge is 2.27. The maximum atomic E-state index is 13.2. The number of nitrogens with zero attached hydrogens (tertiary/aromatic N) is 2. The highest BCUT2D eigenvalue weighted by Crippen LogP contribution is 2.27. The van der Waals surface area contributed by atoms with Crippen molar-refractivity contribution in [3.8, 4) is 5.69 Å². The van der Waals surface area contributed by atoms with Gasteiger partial charge in [-0.2, -0.15) is 5.10 Å². The van der Waals surface area contributed by atoms with Crippen LogP contribution < -0.4 is 5.32 Å². The largest absolute Gasteiger partial charge is 0.376 e. The van der Waals surface area contributed by atoms with Crippen LogP contribution in [0.3, 0.4) is 0 Å². The fraction of sp³-hybridized carbons (Fsp3) is 0.444. The molecule has 7 heteroatoms. The molecule has 1 aromatic carbocycles. The number of hydrogen-bond donors (Lipinski definition) is 1. The summed E-state index contributed by atoms with van der Waals surface area (Å²) in [6.45, 7) is 2.04. The topological polar surface area (TPSA) is 65.4 Å². The lowest BCUT2D eigenvalue weighted by Gasteiger charge is -2.22. The third-order valence-corrected chi connectivity index (χ3v) is 4.59. The Morgan fingerprint density at radius 3 is 2.88 bits per heavy atom. The van der Waals surface area contributed by atoms with Crippen LogP contribution in [0.4, 0.5) is 4.39 Å². The van der Waals surface area contributed by atoms with E-state index in [1.807, 2.05) is 0 Å². The van der Waals surface area contributed by atoms with Gasteiger partial charge in [0.2, 0.25) is 0 Å². The van der Waals surface area contributed by atoms with Crippen LogP contribution in [0.25, 0.3) is 5.69 Å². The number of benzene rings is 1. The summed E-state index contributed by atoms with van der Waals surface area (Å²) in [5.41, 5.74) is 3.24. The molecule has 1 aromatic heterocycles. The average molecular weight is 345 g/mol. The first-order chi connectivity index (χ1) is 12.2. The second-order valence-corrected chi connectivity index (χ2v) is 6.29. The lowest BCUT2D eigenvalue weighted by atomic mass is 10.2. The number of carbonyl (C=O) groups is 1. The van der Waals surface area contributed by atoms with Crippen molar-refractivity contribution in [3.63, 3.8) is 0 Å². The van der Waals surface area contributed by atoms with E-state index in [2.05, 4.69) is 10.4 Å². The summed E-state index contributed by atoms with van der Waals surface area (Å²) in [6.07, 6.45) is 2.58. The van der Waals surface area contributed by atoms with Crippen molar-refractivity contribution in [2.24, 2.45) is 0 Å². The molecule has 1 atom stereocenters. The van der Waals surface area contributed by atoms with Crippen LogP contribution in [-0.4, -0.2) is 48.2 Å². The van der Waals surface area contributed by atoms with Gasteiger partial charge in [-0.25, -0.2) is 9.07 Å². The van der Waals surface area contributed by atoms with Gasteiger partial charge >= 0.3 is 0 Å². The SMILES string of the molecule is O=C(NC[C@H]1COCCO1)c1nn(-c2ccc(F)cc2)c2c1CCC2. The molecular weight excluding hydrogens is 325 g/mol. The monoisotopic (exact) mass is 345 g/mol. The Morgan fingerprint density at radius 2 is 2.12 bits per heavy atom. The lowest BCUT2D eigenvalue weighted by molar-refractivity contribution is -0.0855. The number of hydrogen-bond acceptors (Lipinski definition) is 4. The molecule has 1 saturated heterocycles. The van der Waals surface area contributed by atoms with Crippen molar-refractivity contribution in [1.29, 1.82) is 0 Å². The standard InChI is InChI=1S/C18H20FN3O3/c19-12-4-6-13(7-5-12)22-16-3-1-2-15(16)17(21-22)18(23)20-10-14-11-24-8-9-25-14/h4-7,14H,1-3,8-11H2,(H,20,23)/t14-/m0/s1. The summed E-state index contributed by atoms with van der Waals surface area (Å²) >= 11 is 0. The molecule has 1 aliphatic heterocycles. The van der Waals surface area contributed by atoms with Gasteiger partial charge in [-0.05, 0) is 43.5 Å². The Morgan fingerprint density at radius 1 is 1.28 bits per heavy atom.